The van der Waals surface area contributed by atoms with Gasteiger partial charge in [0.2, 0.25) is 0 Å². The van der Waals surface area contributed by atoms with Crippen LogP contribution in [-0.4, -0.2) is 21.2 Å². The second kappa shape index (κ2) is 6.61. The van der Waals surface area contributed by atoms with Crippen molar-refractivity contribution in [1.29, 1.82) is 0 Å². The van der Waals surface area contributed by atoms with Crippen LogP contribution >= 0.6 is 11.6 Å². The summed E-state index contributed by atoms with van der Waals surface area (Å²) in [7, 11) is 0. The largest absolute Gasteiger partial charge is 0.507 e. The maximum atomic E-state index is 12.5. The van der Waals surface area contributed by atoms with Gasteiger partial charge in [-0.3, -0.25) is 9.89 Å². The molecule has 2 aromatic carbocycles. The molecule has 0 aliphatic heterocycles. The number of phenolic OH excluding ortho intramolecular Hbond substituents is 1. The van der Waals surface area contributed by atoms with Crippen LogP contribution in [-0.2, 0) is 0 Å². The number of hydrogen-bond acceptors (Lipinski definition) is 3. The number of aromatic amines is 1. The fourth-order valence-corrected chi connectivity index (χ4v) is 2.80. The first-order chi connectivity index (χ1) is 11.9. The lowest BCUT2D eigenvalue weighted by molar-refractivity contribution is 0.102. The van der Waals surface area contributed by atoms with E-state index in [0.717, 1.165) is 22.4 Å². The number of carbonyl (C=O) groups is 1. The average molecular weight is 356 g/mol. The Morgan fingerprint density at radius 3 is 2.48 bits per heavy atom. The van der Waals surface area contributed by atoms with Gasteiger partial charge in [-0.1, -0.05) is 29.8 Å². The Morgan fingerprint density at radius 1 is 1.12 bits per heavy atom. The van der Waals surface area contributed by atoms with Crippen molar-refractivity contribution < 1.29 is 9.90 Å². The number of halogens is 1. The van der Waals surface area contributed by atoms with E-state index in [0.29, 0.717) is 22.0 Å². The van der Waals surface area contributed by atoms with Crippen LogP contribution in [0.15, 0.2) is 36.4 Å². The molecule has 0 atom stereocenters. The van der Waals surface area contributed by atoms with Crippen molar-refractivity contribution in [2.24, 2.45) is 0 Å². The molecule has 1 heterocycles. The van der Waals surface area contributed by atoms with Gasteiger partial charge >= 0.3 is 0 Å². The third-order valence-corrected chi connectivity index (χ3v) is 4.50. The van der Waals surface area contributed by atoms with Gasteiger partial charge in [0.15, 0.2) is 0 Å². The molecule has 0 unspecified atom stereocenters. The molecule has 3 rings (SSSR count). The first kappa shape index (κ1) is 17.0. The summed E-state index contributed by atoms with van der Waals surface area (Å²) in [6, 6.07) is 10.6. The second-order valence-corrected chi connectivity index (χ2v) is 6.41. The molecule has 3 aromatic rings. The molecule has 25 heavy (non-hydrogen) atoms. The molecule has 3 N–H and O–H groups in total. The van der Waals surface area contributed by atoms with E-state index in [4.69, 9.17) is 11.6 Å². The molecule has 1 aromatic heterocycles. The molecule has 0 saturated heterocycles. The Bertz CT molecular complexity index is 943. The van der Waals surface area contributed by atoms with Gasteiger partial charge in [-0.15, -0.1) is 0 Å². The third kappa shape index (κ3) is 3.37. The minimum Gasteiger partial charge on any atom is -0.507 e. The number of para-hydroxylation sites is 1. The van der Waals surface area contributed by atoms with Crippen LogP contribution in [0.3, 0.4) is 0 Å². The van der Waals surface area contributed by atoms with E-state index in [-0.39, 0.29) is 11.7 Å². The third-order valence-electron chi connectivity index (χ3n) is 4.10. The quantitative estimate of drug-likeness (QED) is 0.641. The summed E-state index contributed by atoms with van der Waals surface area (Å²) in [5, 5.41) is 20.4. The Labute approximate surface area is 150 Å². The summed E-state index contributed by atoms with van der Waals surface area (Å²) in [4.78, 5) is 12.5. The van der Waals surface area contributed by atoms with Crippen LogP contribution in [0, 0.1) is 20.8 Å². The number of aromatic hydroxyl groups is 1. The number of benzene rings is 2. The van der Waals surface area contributed by atoms with E-state index in [1.807, 2.05) is 32.0 Å². The zero-order chi connectivity index (χ0) is 18.1. The highest BCUT2D eigenvalue weighted by atomic mass is 35.5. The second-order valence-electron chi connectivity index (χ2n) is 6.01. The maximum Gasteiger partial charge on any atom is 0.273 e. The van der Waals surface area contributed by atoms with E-state index in [1.165, 1.54) is 0 Å². The van der Waals surface area contributed by atoms with Gasteiger partial charge in [-0.2, -0.15) is 5.10 Å². The Kier molecular flexibility index (Phi) is 4.51. The number of anilines is 1. The van der Waals surface area contributed by atoms with Crippen LogP contribution in [0.1, 0.15) is 27.2 Å². The molecule has 5 nitrogen and oxygen atoms in total. The minimum absolute atomic E-state index is 0.0649. The number of amides is 1. The summed E-state index contributed by atoms with van der Waals surface area (Å²) < 4.78 is 0. The smallest absolute Gasteiger partial charge is 0.273 e. The molecule has 128 valence electrons. The summed E-state index contributed by atoms with van der Waals surface area (Å²) in [5.41, 5.74) is 4.74. The summed E-state index contributed by atoms with van der Waals surface area (Å²) in [5.74, 6) is -0.232. The normalized spacial score (nSPS) is 10.7. The zero-order valence-corrected chi connectivity index (χ0v) is 14.9. The molecule has 0 saturated carbocycles. The molecule has 0 fully saturated rings. The van der Waals surface area contributed by atoms with Crippen molar-refractivity contribution in [2.45, 2.75) is 20.8 Å². The molecule has 0 radical (unpaired) electrons. The number of H-pyrrole nitrogens is 1. The number of rotatable bonds is 3. The lowest BCUT2D eigenvalue weighted by Gasteiger charge is -2.10. The number of nitrogens with one attached hydrogen (secondary N) is 2. The van der Waals surface area contributed by atoms with Gasteiger partial charge in [0.25, 0.3) is 5.91 Å². The van der Waals surface area contributed by atoms with E-state index in [9.17, 15) is 9.90 Å². The first-order valence-corrected chi connectivity index (χ1v) is 8.17. The highest BCUT2D eigenvalue weighted by Crippen LogP contribution is 2.33. The molecular weight excluding hydrogens is 338 g/mol. The fourth-order valence-electron chi connectivity index (χ4n) is 2.64. The Morgan fingerprint density at radius 2 is 1.80 bits per heavy atom. The maximum absolute atomic E-state index is 12.5. The average Bonchev–Trinajstić information content (AvgIpc) is 3.04. The predicted octanol–water partition coefficient (Wildman–Crippen LogP) is 4.61. The minimum atomic E-state index is -0.297. The van der Waals surface area contributed by atoms with Crippen LogP contribution in [0.25, 0.3) is 11.3 Å². The van der Waals surface area contributed by atoms with Gasteiger partial charge in [0.05, 0.1) is 5.69 Å². The fraction of sp³-hybridized carbons (Fsp3) is 0.158. The van der Waals surface area contributed by atoms with Crippen molar-refractivity contribution in [3.05, 3.63) is 63.8 Å². The molecule has 0 aliphatic carbocycles. The van der Waals surface area contributed by atoms with E-state index >= 15 is 0 Å². The summed E-state index contributed by atoms with van der Waals surface area (Å²) >= 11 is 6.12. The molecular formula is C19H18ClN3O2. The van der Waals surface area contributed by atoms with Crippen LogP contribution in [0.5, 0.6) is 5.75 Å². The van der Waals surface area contributed by atoms with E-state index in [2.05, 4.69) is 15.5 Å². The number of phenols is 1. The predicted molar refractivity (Wildman–Crippen MR) is 99.3 cm³/mol. The van der Waals surface area contributed by atoms with E-state index in [1.54, 1.807) is 25.1 Å². The van der Waals surface area contributed by atoms with Gasteiger partial charge in [0, 0.05) is 16.3 Å². The molecule has 1 amide bonds. The first-order valence-electron chi connectivity index (χ1n) is 7.79. The Balaban J connectivity index is 1.89. The molecule has 0 bridgehead atoms. The van der Waals surface area contributed by atoms with Crippen LogP contribution < -0.4 is 5.32 Å². The van der Waals surface area contributed by atoms with E-state index < -0.39 is 0 Å². The van der Waals surface area contributed by atoms with Crippen molar-refractivity contribution in [3.63, 3.8) is 0 Å². The molecule has 6 heteroatoms. The van der Waals surface area contributed by atoms with Gasteiger partial charge in [-0.25, -0.2) is 0 Å². The summed E-state index contributed by atoms with van der Waals surface area (Å²) in [6.07, 6.45) is 0. The topological polar surface area (TPSA) is 78.0 Å². The number of aromatic nitrogens is 2. The van der Waals surface area contributed by atoms with Crippen LogP contribution in [0.2, 0.25) is 5.02 Å². The van der Waals surface area contributed by atoms with Crippen molar-refractivity contribution in [3.8, 4) is 17.0 Å². The Hall–Kier alpha value is -2.79. The van der Waals surface area contributed by atoms with Crippen LogP contribution in [0.4, 0.5) is 5.69 Å². The molecule has 0 spiro atoms. The number of hydrogen-bond donors (Lipinski definition) is 3. The number of aryl methyl sites for hydroxylation is 3. The highest BCUT2D eigenvalue weighted by molar-refractivity contribution is 6.31. The van der Waals surface area contributed by atoms with Crippen molar-refractivity contribution in [2.75, 3.05) is 5.32 Å². The van der Waals surface area contributed by atoms with Gasteiger partial charge < -0.3 is 10.4 Å². The van der Waals surface area contributed by atoms with Crippen molar-refractivity contribution >= 4 is 23.2 Å². The number of nitrogens with zero attached hydrogens (tertiary/aromatic N) is 1. The molecule has 0 aliphatic rings. The van der Waals surface area contributed by atoms with Gasteiger partial charge in [0.1, 0.15) is 11.4 Å². The lowest BCUT2D eigenvalue weighted by atomic mass is 10.1. The summed E-state index contributed by atoms with van der Waals surface area (Å²) in [6.45, 7) is 5.68. The zero-order valence-electron chi connectivity index (χ0n) is 14.1. The standard InChI is InChI=1S/C19H18ClN3O2/c1-10-5-4-6-11(2)18(10)21-19(25)16-9-15(22-23-16)13-8-14(20)12(3)7-17(13)24/h4-9,24H,1-3H3,(H,21,25)(H,22,23). The monoisotopic (exact) mass is 355 g/mol. The number of carbonyl (C=O) groups excluding carboxylic acids is 1. The lowest BCUT2D eigenvalue weighted by Crippen LogP contribution is -2.14. The SMILES string of the molecule is Cc1cc(O)c(-c2cc(C(=O)Nc3c(C)cccc3C)[nH]n2)cc1Cl. The van der Waals surface area contributed by atoms with Gasteiger partial charge in [-0.05, 0) is 55.7 Å². The van der Waals surface area contributed by atoms with Crippen molar-refractivity contribution in [1.82, 2.24) is 10.2 Å². The highest BCUT2D eigenvalue weighted by Gasteiger charge is 2.16.